The third-order valence-corrected chi connectivity index (χ3v) is 4.05. The van der Waals surface area contributed by atoms with Gasteiger partial charge in [0.2, 0.25) is 0 Å². The molecule has 0 aliphatic carbocycles. The van der Waals surface area contributed by atoms with Crippen molar-refractivity contribution >= 4 is 18.5 Å². The van der Waals surface area contributed by atoms with Gasteiger partial charge in [-0.1, -0.05) is 66.3 Å². The maximum Gasteiger partial charge on any atom is 0.0341 e. The summed E-state index contributed by atoms with van der Waals surface area (Å²) in [5.74, 6) is 0. The highest BCUT2D eigenvalue weighted by atomic mass is 31.1. The van der Waals surface area contributed by atoms with E-state index in [1.807, 2.05) is 36.4 Å². The molecule has 0 aliphatic rings. The maximum absolute atomic E-state index is 5.62. The molecule has 0 nitrogen and oxygen atoms in total. The monoisotopic (exact) mass is 210 g/mol. The smallest absolute Gasteiger partial charge is 0.0341 e. The first-order chi connectivity index (χ1) is 7.42. The average Bonchev–Trinajstić information content (AvgIpc) is 2.33. The second-order valence-corrected chi connectivity index (χ2v) is 5.10. The third kappa shape index (κ3) is 2.27. The normalized spacial score (nSPS) is 9.87. The standard InChI is InChI=1S/C14H11P/c1-2-15(13-9-5-3-6-10-13)14-11-7-4-8-12-14/h1,3-12H. The molecule has 0 heterocycles. The van der Waals surface area contributed by atoms with Gasteiger partial charge in [0.05, 0.1) is 0 Å². The van der Waals surface area contributed by atoms with Crippen molar-refractivity contribution in [3.05, 3.63) is 60.7 Å². The summed E-state index contributed by atoms with van der Waals surface area (Å²) in [4.78, 5) is 0. The van der Waals surface area contributed by atoms with Crippen LogP contribution in [0.25, 0.3) is 0 Å². The molecule has 0 aliphatic heterocycles. The number of terminal acetylenes is 1. The van der Waals surface area contributed by atoms with Gasteiger partial charge in [0.25, 0.3) is 0 Å². The van der Waals surface area contributed by atoms with E-state index in [9.17, 15) is 0 Å². The molecule has 0 amide bonds. The molecule has 0 saturated carbocycles. The fourth-order valence-corrected chi connectivity index (χ4v) is 2.99. The zero-order chi connectivity index (χ0) is 10.5. The van der Waals surface area contributed by atoms with E-state index in [1.165, 1.54) is 10.6 Å². The van der Waals surface area contributed by atoms with Crippen molar-refractivity contribution in [2.24, 2.45) is 0 Å². The van der Waals surface area contributed by atoms with Crippen LogP contribution < -0.4 is 10.6 Å². The van der Waals surface area contributed by atoms with Crippen molar-refractivity contribution in [1.29, 1.82) is 0 Å². The zero-order valence-electron chi connectivity index (χ0n) is 8.30. The molecule has 2 aromatic rings. The van der Waals surface area contributed by atoms with Crippen LogP contribution in [0.1, 0.15) is 0 Å². The lowest BCUT2D eigenvalue weighted by Crippen LogP contribution is -2.09. The zero-order valence-corrected chi connectivity index (χ0v) is 9.19. The summed E-state index contributed by atoms with van der Waals surface area (Å²) in [7, 11) is -0.621. The molecule has 1 heteroatoms. The SMILES string of the molecule is C#CP(c1ccccc1)c1ccccc1. The highest BCUT2D eigenvalue weighted by Crippen LogP contribution is 2.30. The Balaban J connectivity index is 2.39. The summed E-state index contributed by atoms with van der Waals surface area (Å²) in [5.41, 5.74) is 2.90. The Labute approximate surface area is 91.7 Å². The van der Waals surface area contributed by atoms with Gasteiger partial charge in [0.1, 0.15) is 0 Å². The van der Waals surface area contributed by atoms with Crippen molar-refractivity contribution in [2.45, 2.75) is 0 Å². The minimum Gasteiger partial charge on any atom is -0.115 e. The van der Waals surface area contributed by atoms with Crippen molar-refractivity contribution in [3.63, 3.8) is 0 Å². The van der Waals surface area contributed by atoms with Crippen LogP contribution >= 0.6 is 7.92 Å². The van der Waals surface area contributed by atoms with Crippen LogP contribution in [0.5, 0.6) is 0 Å². The van der Waals surface area contributed by atoms with Crippen LogP contribution in [0.15, 0.2) is 60.7 Å². The van der Waals surface area contributed by atoms with E-state index in [1.54, 1.807) is 0 Å². The molecule has 2 rings (SSSR count). The van der Waals surface area contributed by atoms with Gasteiger partial charge in [0, 0.05) is 7.92 Å². The lowest BCUT2D eigenvalue weighted by atomic mass is 10.4. The second kappa shape index (κ2) is 4.78. The van der Waals surface area contributed by atoms with Gasteiger partial charge in [-0.05, 0) is 10.6 Å². The van der Waals surface area contributed by atoms with Crippen LogP contribution in [0.3, 0.4) is 0 Å². The first-order valence-corrected chi connectivity index (χ1v) is 6.12. The van der Waals surface area contributed by atoms with E-state index in [2.05, 4.69) is 29.9 Å². The molecule has 0 bridgehead atoms. The van der Waals surface area contributed by atoms with E-state index in [-0.39, 0.29) is 0 Å². The third-order valence-electron chi connectivity index (χ3n) is 2.16. The molecule has 0 aromatic heterocycles. The van der Waals surface area contributed by atoms with Crippen molar-refractivity contribution in [2.75, 3.05) is 0 Å². The summed E-state index contributed by atoms with van der Waals surface area (Å²) in [6.45, 7) is 0. The number of hydrogen-bond acceptors (Lipinski definition) is 0. The molecule has 0 spiro atoms. The minimum absolute atomic E-state index is 0.621. The van der Waals surface area contributed by atoms with E-state index < -0.39 is 7.92 Å². The Kier molecular flexibility index (Phi) is 3.18. The van der Waals surface area contributed by atoms with E-state index in [0.29, 0.717) is 0 Å². The molecular formula is C14H11P. The quantitative estimate of drug-likeness (QED) is 0.528. The molecule has 15 heavy (non-hydrogen) atoms. The van der Waals surface area contributed by atoms with Crippen LogP contribution in [0.2, 0.25) is 0 Å². The Hall–Kier alpha value is -1.57. The van der Waals surface area contributed by atoms with E-state index in [0.717, 1.165) is 0 Å². The Morgan fingerprint density at radius 2 is 1.13 bits per heavy atom. The Morgan fingerprint density at radius 1 is 0.733 bits per heavy atom. The Morgan fingerprint density at radius 3 is 1.47 bits per heavy atom. The van der Waals surface area contributed by atoms with Crippen molar-refractivity contribution in [3.8, 4) is 12.1 Å². The average molecular weight is 210 g/mol. The van der Waals surface area contributed by atoms with Gasteiger partial charge < -0.3 is 0 Å². The number of rotatable bonds is 2. The van der Waals surface area contributed by atoms with Gasteiger partial charge in [0.15, 0.2) is 0 Å². The first-order valence-electron chi connectivity index (χ1n) is 4.78. The molecule has 0 saturated heterocycles. The molecule has 0 radical (unpaired) electrons. The van der Waals surface area contributed by atoms with Crippen molar-refractivity contribution in [1.82, 2.24) is 0 Å². The summed E-state index contributed by atoms with van der Waals surface area (Å²) >= 11 is 0. The maximum atomic E-state index is 5.62. The van der Waals surface area contributed by atoms with Gasteiger partial charge in [-0.3, -0.25) is 0 Å². The number of benzene rings is 2. The predicted molar refractivity (Wildman–Crippen MR) is 67.9 cm³/mol. The topological polar surface area (TPSA) is 0 Å². The molecule has 0 N–H and O–H groups in total. The van der Waals surface area contributed by atoms with Crippen LogP contribution in [-0.4, -0.2) is 0 Å². The largest absolute Gasteiger partial charge is 0.115 e. The van der Waals surface area contributed by atoms with Crippen molar-refractivity contribution < 1.29 is 0 Å². The fraction of sp³-hybridized carbons (Fsp3) is 0. The predicted octanol–water partition coefficient (Wildman–Crippen LogP) is 2.71. The molecule has 0 unspecified atom stereocenters. The van der Waals surface area contributed by atoms with Crippen LogP contribution in [0.4, 0.5) is 0 Å². The lowest BCUT2D eigenvalue weighted by molar-refractivity contribution is 1.76. The summed E-state index contributed by atoms with van der Waals surface area (Å²) in [6.07, 6.45) is 5.62. The fourth-order valence-electron chi connectivity index (χ4n) is 1.45. The molecule has 0 atom stereocenters. The number of hydrogen-bond donors (Lipinski definition) is 0. The highest BCUT2D eigenvalue weighted by Gasteiger charge is 2.08. The molecule has 2 aromatic carbocycles. The van der Waals surface area contributed by atoms with Gasteiger partial charge in [-0.2, -0.15) is 0 Å². The first kappa shape index (κ1) is 9.97. The molecule has 0 fully saturated rings. The van der Waals surface area contributed by atoms with E-state index >= 15 is 0 Å². The van der Waals surface area contributed by atoms with Gasteiger partial charge in [-0.15, -0.1) is 6.42 Å². The van der Waals surface area contributed by atoms with Crippen LogP contribution in [-0.2, 0) is 0 Å². The van der Waals surface area contributed by atoms with Gasteiger partial charge >= 0.3 is 0 Å². The second-order valence-electron chi connectivity index (χ2n) is 3.14. The van der Waals surface area contributed by atoms with Gasteiger partial charge in [-0.25, -0.2) is 0 Å². The molecule has 72 valence electrons. The molecular weight excluding hydrogens is 199 g/mol. The summed E-state index contributed by atoms with van der Waals surface area (Å²) in [6, 6.07) is 20.5. The summed E-state index contributed by atoms with van der Waals surface area (Å²) in [5, 5.41) is 2.47. The van der Waals surface area contributed by atoms with E-state index in [4.69, 9.17) is 6.42 Å². The lowest BCUT2D eigenvalue weighted by Gasteiger charge is -2.10. The highest BCUT2D eigenvalue weighted by molar-refractivity contribution is 7.77. The minimum atomic E-state index is -0.621. The van der Waals surface area contributed by atoms with Crippen LogP contribution in [0, 0.1) is 12.1 Å². The summed E-state index contributed by atoms with van der Waals surface area (Å²) < 4.78 is 0. The Bertz CT molecular complexity index is 414.